The van der Waals surface area contributed by atoms with Crippen molar-refractivity contribution in [2.75, 3.05) is 0 Å². The Labute approximate surface area is 121 Å². The number of hydrogen-bond donors (Lipinski definition) is 1. The van der Waals surface area contributed by atoms with E-state index in [0.29, 0.717) is 0 Å². The van der Waals surface area contributed by atoms with Crippen LogP contribution in [0.2, 0.25) is 0 Å². The molecule has 16 heavy (non-hydrogen) atoms. The average molecular weight is 387 g/mol. The number of amides is 2. The van der Waals surface area contributed by atoms with Crippen LogP contribution in [-0.4, -0.2) is 31.8 Å². The molecule has 0 aliphatic carbocycles. The Morgan fingerprint density at radius 3 is 2.12 bits per heavy atom. The summed E-state index contributed by atoms with van der Waals surface area (Å²) in [6.45, 7) is 0. The molecule has 0 aromatic heterocycles. The summed E-state index contributed by atoms with van der Waals surface area (Å²) in [5.41, 5.74) is -5.61. The van der Waals surface area contributed by atoms with Gasteiger partial charge in [-0.3, -0.25) is 14.9 Å². The van der Waals surface area contributed by atoms with Crippen molar-refractivity contribution < 1.29 is 77.1 Å². The fraction of sp³-hybridized carbons (Fsp3) is 0.600. The van der Waals surface area contributed by atoms with Crippen LogP contribution in [0.15, 0.2) is 0 Å². The summed E-state index contributed by atoms with van der Waals surface area (Å²) in [5, 5.41) is 1.61. The zero-order valence-electron chi connectivity index (χ0n) is 7.37. The smallest absolute Gasteiger partial charge is 0.294 e. The van der Waals surface area contributed by atoms with Crippen LogP contribution in [0.3, 0.4) is 0 Å². The van der Waals surface area contributed by atoms with Crippen molar-refractivity contribution in [3.05, 3.63) is 0 Å². The quantitative estimate of drug-likeness (QED) is 0.383. The summed E-state index contributed by atoms with van der Waals surface area (Å²) < 4.78 is 59.7. The summed E-state index contributed by atoms with van der Waals surface area (Å²) in [7, 11) is -5.85. The maximum Gasteiger partial charge on any atom is 0.523 e. The molecule has 1 N–H and O–H groups in total. The van der Waals surface area contributed by atoms with Crippen LogP contribution in [-0.2, 0) is 23.9 Å². The predicted octanol–water partition coefficient (Wildman–Crippen LogP) is -0.732. The molecule has 2 amide bonds. The van der Waals surface area contributed by atoms with Gasteiger partial charge < -0.3 is 0 Å². The van der Waals surface area contributed by atoms with Crippen molar-refractivity contribution in [1.82, 2.24) is 5.32 Å². The van der Waals surface area contributed by atoms with E-state index in [1.54, 1.807) is 5.32 Å². The monoisotopic (exact) mass is 387 g/mol. The van der Waals surface area contributed by atoms with Crippen molar-refractivity contribution in [3.8, 4) is 0 Å². The van der Waals surface area contributed by atoms with E-state index in [1.165, 1.54) is 0 Å². The molecule has 90 valence electrons. The number of carbonyl (C=O) groups is 2. The average Bonchev–Trinajstić information content (AvgIpc) is 2.26. The normalized spacial score (nSPS) is 21.6. The molecule has 0 aromatic carbocycles. The number of hydrogen-bond acceptors (Lipinski definition) is 5. The molecule has 0 radical (unpaired) electrons. The molecule has 1 atom stereocenters. The second-order valence-corrected chi connectivity index (χ2v) is 4.16. The van der Waals surface area contributed by atoms with E-state index >= 15 is 0 Å². The first-order chi connectivity index (χ1) is 6.63. The number of carbonyl (C=O) groups excluding carboxylic acids is 2. The van der Waals surface area contributed by atoms with E-state index in [1.807, 2.05) is 0 Å². The van der Waals surface area contributed by atoms with Gasteiger partial charge in [-0.25, -0.2) is 4.18 Å². The van der Waals surface area contributed by atoms with Gasteiger partial charge in [0.25, 0.3) is 5.91 Å². The minimum Gasteiger partial charge on any atom is -0.294 e. The summed E-state index contributed by atoms with van der Waals surface area (Å²) in [4.78, 5) is 21.2. The first-order valence-corrected chi connectivity index (χ1v) is 4.87. The van der Waals surface area contributed by atoms with Crippen molar-refractivity contribution >= 4 is 21.9 Å². The van der Waals surface area contributed by atoms with Gasteiger partial charge in [-0.15, -0.1) is 0 Å². The van der Waals surface area contributed by atoms with Crippen LogP contribution in [0.1, 0.15) is 6.42 Å². The molecule has 1 heterocycles. The van der Waals surface area contributed by atoms with E-state index in [4.69, 9.17) is 0 Å². The zero-order valence-corrected chi connectivity index (χ0v) is 11.3. The molecule has 1 rings (SSSR count). The SMILES string of the molecule is O=C1CC(OS(=O)(=O)C(F)(F)F)C(=O)N1.[Ce]. The third-order valence-corrected chi connectivity index (χ3v) is 2.50. The standard InChI is InChI=1S/C5H4F3NO5S.Ce/c6-5(7,8)15(12,13)14-2-1-3(10)9-4(2)11;/h2H,1H2,(H,9,10,11);. The fourth-order valence-corrected chi connectivity index (χ4v) is 1.39. The van der Waals surface area contributed by atoms with Crippen molar-refractivity contribution in [1.29, 1.82) is 0 Å². The molecular weight excluding hydrogens is 383 g/mol. The van der Waals surface area contributed by atoms with E-state index in [2.05, 4.69) is 4.18 Å². The predicted molar refractivity (Wildman–Crippen MR) is 37.6 cm³/mol. The molecule has 0 bridgehead atoms. The van der Waals surface area contributed by atoms with Crippen LogP contribution in [0.5, 0.6) is 0 Å². The minimum atomic E-state index is -5.85. The van der Waals surface area contributed by atoms with Gasteiger partial charge in [0.15, 0.2) is 6.10 Å². The van der Waals surface area contributed by atoms with Crippen LogP contribution in [0, 0.1) is 41.7 Å². The molecule has 6 nitrogen and oxygen atoms in total. The van der Waals surface area contributed by atoms with Gasteiger partial charge in [0, 0.05) is 41.7 Å². The van der Waals surface area contributed by atoms with Crippen LogP contribution in [0.25, 0.3) is 0 Å². The molecule has 1 saturated heterocycles. The van der Waals surface area contributed by atoms with Crippen LogP contribution in [0.4, 0.5) is 13.2 Å². The maximum absolute atomic E-state index is 11.8. The minimum absolute atomic E-state index is 0. The number of rotatable bonds is 2. The largest absolute Gasteiger partial charge is 0.523 e. The van der Waals surface area contributed by atoms with Crippen LogP contribution < -0.4 is 5.32 Å². The van der Waals surface area contributed by atoms with Gasteiger partial charge in [0.05, 0.1) is 6.42 Å². The fourth-order valence-electron chi connectivity index (χ4n) is 0.815. The van der Waals surface area contributed by atoms with Gasteiger partial charge in [-0.1, -0.05) is 0 Å². The Morgan fingerprint density at radius 1 is 1.31 bits per heavy atom. The number of imide groups is 1. The van der Waals surface area contributed by atoms with Gasteiger partial charge >= 0.3 is 15.6 Å². The molecule has 1 aliphatic rings. The summed E-state index contributed by atoms with van der Waals surface area (Å²) in [6.07, 6.45) is -2.68. The molecular formula is C5H4CeF3NO5S. The summed E-state index contributed by atoms with van der Waals surface area (Å²) >= 11 is 0. The Bertz CT molecular complexity index is 405. The Balaban J connectivity index is 0.00000225. The second kappa shape index (κ2) is 5.24. The van der Waals surface area contributed by atoms with Crippen molar-refractivity contribution in [3.63, 3.8) is 0 Å². The Kier molecular flexibility index (Phi) is 5.32. The second-order valence-electron chi connectivity index (χ2n) is 2.60. The molecule has 0 aromatic rings. The van der Waals surface area contributed by atoms with E-state index in [-0.39, 0.29) is 41.7 Å². The number of halogens is 3. The maximum atomic E-state index is 11.8. The van der Waals surface area contributed by atoms with E-state index in [0.717, 1.165) is 0 Å². The van der Waals surface area contributed by atoms with E-state index < -0.39 is 40.0 Å². The molecule has 0 saturated carbocycles. The summed E-state index contributed by atoms with van der Waals surface area (Å²) in [6, 6.07) is 0. The van der Waals surface area contributed by atoms with Crippen molar-refractivity contribution in [2.45, 2.75) is 18.0 Å². The summed E-state index contributed by atoms with van der Waals surface area (Å²) in [5.74, 6) is -2.09. The Hall–Kier alpha value is 0.217. The molecule has 1 unspecified atom stereocenters. The van der Waals surface area contributed by atoms with Gasteiger partial charge in [0.2, 0.25) is 5.91 Å². The van der Waals surface area contributed by atoms with Gasteiger partial charge in [-0.2, -0.15) is 21.6 Å². The zero-order chi connectivity index (χ0) is 11.9. The topological polar surface area (TPSA) is 89.5 Å². The van der Waals surface area contributed by atoms with Crippen molar-refractivity contribution in [2.24, 2.45) is 0 Å². The molecule has 11 heteroatoms. The Morgan fingerprint density at radius 2 is 1.81 bits per heavy atom. The van der Waals surface area contributed by atoms with E-state index in [9.17, 15) is 31.2 Å². The molecule has 0 spiro atoms. The van der Waals surface area contributed by atoms with Gasteiger partial charge in [-0.05, 0) is 0 Å². The number of nitrogens with one attached hydrogen (secondary N) is 1. The molecule has 1 fully saturated rings. The van der Waals surface area contributed by atoms with Gasteiger partial charge in [0.1, 0.15) is 0 Å². The third-order valence-electron chi connectivity index (χ3n) is 1.45. The first kappa shape index (κ1) is 16.2. The third kappa shape index (κ3) is 3.61. The first-order valence-electron chi connectivity index (χ1n) is 3.47. The number of alkyl halides is 3. The van der Waals surface area contributed by atoms with Crippen LogP contribution >= 0.6 is 0 Å². The molecule has 1 aliphatic heterocycles.